The summed E-state index contributed by atoms with van der Waals surface area (Å²) in [4.78, 5) is -0.213. The molecule has 0 heterocycles. The molecule has 0 spiro atoms. The monoisotopic (exact) mass is 311 g/mol. The van der Waals surface area contributed by atoms with Crippen LogP contribution in [-0.2, 0) is 16.6 Å². The van der Waals surface area contributed by atoms with E-state index in [0.29, 0.717) is 9.87 Å². The highest BCUT2D eigenvalue weighted by Crippen LogP contribution is 2.26. The maximum atomic E-state index is 12.4. The zero-order chi connectivity index (χ0) is 15.6. The van der Waals surface area contributed by atoms with Gasteiger partial charge in [-0.2, -0.15) is 17.5 Å². The molecule has 0 amide bonds. The fourth-order valence-electron chi connectivity index (χ4n) is 1.82. The van der Waals surface area contributed by atoms with E-state index >= 15 is 0 Å². The van der Waals surface area contributed by atoms with Crippen LogP contribution in [0.1, 0.15) is 18.1 Å². The number of hydrogen-bond acceptors (Lipinski definition) is 3. The fourth-order valence-corrected chi connectivity index (χ4v) is 3.52. The maximum absolute atomic E-state index is 12.4. The lowest BCUT2D eigenvalue weighted by molar-refractivity contribution is -0.135. The average Bonchev–Trinajstić information content (AvgIpc) is 2.34. The minimum absolute atomic E-state index is 0.213. The van der Waals surface area contributed by atoms with Crippen LogP contribution in [0, 0.1) is 6.92 Å². The third-order valence-electron chi connectivity index (χ3n) is 2.89. The fraction of sp³-hybridized carbons (Fsp3) is 0.500. The van der Waals surface area contributed by atoms with Gasteiger partial charge in [-0.1, -0.05) is 19.1 Å². The summed E-state index contributed by atoms with van der Waals surface area (Å²) in [6.45, 7) is 0.605. The van der Waals surface area contributed by atoms with E-state index in [2.05, 4.69) is 0 Å². The van der Waals surface area contributed by atoms with Gasteiger partial charge in [0.05, 0.1) is 11.5 Å². The zero-order valence-electron chi connectivity index (χ0n) is 11.1. The number of benzene rings is 1. The van der Waals surface area contributed by atoms with Gasteiger partial charge in [0, 0.05) is 6.54 Å². The third kappa shape index (κ3) is 3.71. The predicted octanol–water partition coefficient (Wildman–Crippen LogP) is 2.06. The van der Waals surface area contributed by atoms with Crippen LogP contribution in [0.3, 0.4) is 0 Å². The van der Waals surface area contributed by atoms with Gasteiger partial charge in [-0.05, 0) is 24.1 Å². The molecule has 8 heteroatoms. The van der Waals surface area contributed by atoms with Crippen LogP contribution in [0.4, 0.5) is 13.2 Å². The number of rotatable bonds is 5. The number of alkyl halides is 3. The second-order valence-corrected chi connectivity index (χ2v) is 6.15. The van der Waals surface area contributed by atoms with E-state index in [1.54, 1.807) is 0 Å². The Labute approximate surface area is 115 Å². The Bertz CT molecular complexity index is 570. The van der Waals surface area contributed by atoms with Crippen molar-refractivity contribution in [2.45, 2.75) is 31.5 Å². The smallest absolute Gasteiger partial charge is 0.392 e. The summed E-state index contributed by atoms with van der Waals surface area (Å²) < 4.78 is 62.2. The molecule has 1 N–H and O–H groups in total. The van der Waals surface area contributed by atoms with E-state index in [4.69, 9.17) is 5.11 Å². The van der Waals surface area contributed by atoms with E-state index < -0.39 is 22.7 Å². The molecule has 0 atom stereocenters. The topological polar surface area (TPSA) is 57.6 Å². The Balaban J connectivity index is 3.28. The molecule has 1 aromatic carbocycles. The van der Waals surface area contributed by atoms with E-state index in [-0.39, 0.29) is 23.6 Å². The largest absolute Gasteiger partial charge is 0.402 e. The average molecular weight is 311 g/mol. The summed E-state index contributed by atoms with van der Waals surface area (Å²) in [6.07, 6.45) is -4.61. The van der Waals surface area contributed by atoms with Crippen LogP contribution >= 0.6 is 0 Å². The van der Waals surface area contributed by atoms with E-state index in [9.17, 15) is 21.6 Å². The van der Waals surface area contributed by atoms with Crippen LogP contribution in [0.15, 0.2) is 23.1 Å². The molecule has 1 aromatic rings. The van der Waals surface area contributed by atoms with Gasteiger partial charge in [0.25, 0.3) is 0 Å². The van der Waals surface area contributed by atoms with Crippen molar-refractivity contribution in [3.63, 3.8) is 0 Å². The van der Waals surface area contributed by atoms with Gasteiger partial charge in [-0.15, -0.1) is 0 Å². The van der Waals surface area contributed by atoms with Gasteiger partial charge in [-0.25, -0.2) is 8.42 Å². The number of sulfonamides is 1. The first-order valence-corrected chi connectivity index (χ1v) is 7.33. The summed E-state index contributed by atoms with van der Waals surface area (Å²) in [7, 11) is -4.25. The number of aliphatic hydroxyl groups excluding tert-OH is 1. The Morgan fingerprint density at radius 1 is 1.30 bits per heavy atom. The minimum Gasteiger partial charge on any atom is -0.392 e. The van der Waals surface area contributed by atoms with Crippen molar-refractivity contribution in [2.24, 2.45) is 0 Å². The molecule has 0 saturated carbocycles. The second kappa shape index (κ2) is 6.11. The number of halogens is 3. The van der Waals surface area contributed by atoms with Crippen LogP contribution < -0.4 is 0 Å². The molecular weight excluding hydrogens is 295 g/mol. The highest BCUT2D eigenvalue weighted by molar-refractivity contribution is 7.89. The molecule has 114 valence electrons. The summed E-state index contributed by atoms with van der Waals surface area (Å²) in [6, 6.07) is 4.16. The normalized spacial score (nSPS) is 12.9. The first kappa shape index (κ1) is 16.9. The van der Waals surface area contributed by atoms with E-state index in [1.165, 1.54) is 32.0 Å². The van der Waals surface area contributed by atoms with Crippen LogP contribution in [-0.4, -0.2) is 37.1 Å². The third-order valence-corrected chi connectivity index (χ3v) is 4.96. The molecule has 0 aliphatic heterocycles. The van der Waals surface area contributed by atoms with E-state index in [1.807, 2.05) is 0 Å². The van der Waals surface area contributed by atoms with Crippen molar-refractivity contribution < 1.29 is 26.7 Å². The van der Waals surface area contributed by atoms with Gasteiger partial charge in [0.15, 0.2) is 0 Å². The Hall–Kier alpha value is -1.12. The molecule has 4 nitrogen and oxygen atoms in total. The standard InChI is InChI=1S/C12H16F3NO3S/c1-3-16(8-12(13,14)15)20(18,19)11-6-4-5-10(7-17)9(11)2/h4-6,17H,3,7-8H2,1-2H3. The highest BCUT2D eigenvalue weighted by Gasteiger charge is 2.36. The quantitative estimate of drug-likeness (QED) is 0.905. The van der Waals surface area contributed by atoms with Gasteiger partial charge in [0.1, 0.15) is 6.54 Å². The van der Waals surface area contributed by atoms with Gasteiger partial charge >= 0.3 is 6.18 Å². The number of nitrogens with zero attached hydrogens (tertiary/aromatic N) is 1. The molecule has 20 heavy (non-hydrogen) atoms. The van der Waals surface area contributed by atoms with Crippen molar-refractivity contribution >= 4 is 10.0 Å². The van der Waals surface area contributed by atoms with Gasteiger partial charge < -0.3 is 5.11 Å². The van der Waals surface area contributed by atoms with Crippen molar-refractivity contribution in [3.8, 4) is 0 Å². The Kier molecular flexibility index (Phi) is 5.17. The number of hydrogen-bond donors (Lipinski definition) is 1. The highest BCUT2D eigenvalue weighted by atomic mass is 32.2. The first-order chi connectivity index (χ1) is 9.13. The first-order valence-electron chi connectivity index (χ1n) is 5.89. The van der Waals surface area contributed by atoms with E-state index in [0.717, 1.165) is 0 Å². The molecule has 0 fully saturated rings. The maximum Gasteiger partial charge on any atom is 0.402 e. The molecule has 0 unspecified atom stereocenters. The van der Waals surface area contributed by atoms with Crippen molar-refractivity contribution in [1.82, 2.24) is 4.31 Å². The molecule has 0 aliphatic carbocycles. The molecule has 0 aromatic heterocycles. The van der Waals surface area contributed by atoms with Crippen molar-refractivity contribution in [1.29, 1.82) is 0 Å². The van der Waals surface area contributed by atoms with Crippen molar-refractivity contribution in [2.75, 3.05) is 13.1 Å². The van der Waals surface area contributed by atoms with Gasteiger partial charge in [0.2, 0.25) is 10.0 Å². The Morgan fingerprint density at radius 2 is 1.90 bits per heavy atom. The molecule has 0 radical (unpaired) electrons. The molecule has 0 saturated heterocycles. The summed E-state index contributed by atoms with van der Waals surface area (Å²) in [5.74, 6) is 0. The predicted molar refractivity (Wildman–Crippen MR) is 67.6 cm³/mol. The van der Waals surface area contributed by atoms with Gasteiger partial charge in [-0.3, -0.25) is 0 Å². The lowest BCUT2D eigenvalue weighted by Gasteiger charge is -2.23. The molecule has 0 aliphatic rings. The molecule has 0 bridgehead atoms. The van der Waals surface area contributed by atoms with Crippen LogP contribution in [0.25, 0.3) is 0 Å². The second-order valence-electron chi connectivity index (χ2n) is 4.24. The number of aliphatic hydroxyl groups is 1. The summed E-state index contributed by atoms with van der Waals surface area (Å²) in [5, 5.41) is 9.10. The van der Waals surface area contributed by atoms with Crippen molar-refractivity contribution in [3.05, 3.63) is 29.3 Å². The summed E-state index contributed by atoms with van der Waals surface area (Å²) in [5.41, 5.74) is 0.629. The molecular formula is C12H16F3NO3S. The minimum atomic E-state index is -4.61. The lowest BCUT2D eigenvalue weighted by Crippen LogP contribution is -2.39. The molecule has 1 rings (SSSR count). The SMILES string of the molecule is CCN(CC(F)(F)F)S(=O)(=O)c1cccc(CO)c1C. The zero-order valence-corrected chi connectivity index (χ0v) is 11.9. The summed E-state index contributed by atoms with van der Waals surface area (Å²) >= 11 is 0. The Morgan fingerprint density at radius 3 is 2.35 bits per heavy atom. The lowest BCUT2D eigenvalue weighted by atomic mass is 10.1. The van der Waals surface area contributed by atoms with Crippen LogP contribution in [0.2, 0.25) is 0 Å². The van der Waals surface area contributed by atoms with Crippen LogP contribution in [0.5, 0.6) is 0 Å².